The number of carboxylic acid groups (broad SMARTS) is 1. The van der Waals surface area contributed by atoms with Gasteiger partial charge in [-0.05, 0) is 42.2 Å². The molecule has 3 aromatic rings. The van der Waals surface area contributed by atoms with Crippen molar-refractivity contribution in [1.29, 1.82) is 0 Å². The summed E-state index contributed by atoms with van der Waals surface area (Å²) in [5.41, 5.74) is 7.71. The van der Waals surface area contributed by atoms with E-state index >= 15 is 0 Å². The number of carboxylic acids is 1. The molecule has 4 heteroatoms. The zero-order valence-electron chi connectivity index (χ0n) is 16.1. The predicted molar refractivity (Wildman–Crippen MR) is 112 cm³/mol. The standard InChI is InChI=1S/C24H23NO3/c1-4-8-16-15(14(2)3)10-7-11-17(16)21-19-13-28-20-12-6-5-9-18(20)22(19)25-23(21)24(26)27/h5-7,9-12,25H,2,4,8,13H2,1,3H3,(H,26,27). The predicted octanol–water partition coefficient (Wildman–Crippen LogP) is 5.92. The van der Waals surface area contributed by atoms with Gasteiger partial charge in [-0.2, -0.15) is 0 Å². The lowest BCUT2D eigenvalue weighted by Gasteiger charge is -2.20. The number of ether oxygens (including phenoxy) is 1. The molecule has 0 fully saturated rings. The molecular weight excluding hydrogens is 350 g/mol. The first-order valence-corrected chi connectivity index (χ1v) is 9.51. The van der Waals surface area contributed by atoms with Gasteiger partial charge in [-0.25, -0.2) is 4.79 Å². The van der Waals surface area contributed by atoms with Crippen molar-refractivity contribution < 1.29 is 14.6 Å². The minimum absolute atomic E-state index is 0.210. The summed E-state index contributed by atoms with van der Waals surface area (Å²) in [4.78, 5) is 15.3. The minimum Gasteiger partial charge on any atom is -0.488 e. The summed E-state index contributed by atoms with van der Waals surface area (Å²) >= 11 is 0. The molecule has 0 radical (unpaired) electrons. The summed E-state index contributed by atoms with van der Waals surface area (Å²) in [7, 11) is 0. The van der Waals surface area contributed by atoms with E-state index in [1.807, 2.05) is 43.3 Å². The van der Waals surface area contributed by atoms with Gasteiger partial charge in [0.05, 0.1) is 5.69 Å². The molecule has 0 saturated carbocycles. The maximum atomic E-state index is 12.1. The molecule has 142 valence electrons. The molecule has 4 rings (SSSR count). The van der Waals surface area contributed by atoms with Gasteiger partial charge in [0.1, 0.15) is 18.1 Å². The van der Waals surface area contributed by atoms with Gasteiger partial charge in [0.2, 0.25) is 0 Å². The SMILES string of the molecule is C=C(C)c1cccc(-c2c(C(=O)O)[nH]c3c2COc2ccccc2-3)c1CCC. The number of aromatic carboxylic acids is 1. The number of benzene rings is 2. The van der Waals surface area contributed by atoms with Crippen molar-refractivity contribution in [2.45, 2.75) is 33.3 Å². The smallest absolute Gasteiger partial charge is 0.352 e. The molecule has 0 bridgehead atoms. The largest absolute Gasteiger partial charge is 0.488 e. The fourth-order valence-corrected chi connectivity index (χ4v) is 4.06. The van der Waals surface area contributed by atoms with Crippen LogP contribution in [0.1, 0.15) is 47.4 Å². The second kappa shape index (κ2) is 7.04. The minimum atomic E-state index is -0.968. The number of hydrogen-bond donors (Lipinski definition) is 2. The summed E-state index contributed by atoms with van der Waals surface area (Å²) in [5.74, 6) is -0.200. The van der Waals surface area contributed by atoms with Crippen LogP contribution in [0.25, 0.3) is 28.0 Å². The van der Waals surface area contributed by atoms with Crippen LogP contribution >= 0.6 is 0 Å². The molecule has 1 aliphatic heterocycles. The van der Waals surface area contributed by atoms with Crippen molar-refractivity contribution in [1.82, 2.24) is 4.98 Å². The van der Waals surface area contributed by atoms with Crippen LogP contribution in [-0.2, 0) is 13.0 Å². The average Bonchev–Trinajstić information content (AvgIpc) is 3.08. The number of H-pyrrole nitrogens is 1. The number of carbonyl (C=O) groups is 1. The molecule has 0 unspecified atom stereocenters. The van der Waals surface area contributed by atoms with Crippen LogP contribution < -0.4 is 4.74 Å². The molecule has 2 N–H and O–H groups in total. The molecule has 4 nitrogen and oxygen atoms in total. The summed E-state index contributed by atoms with van der Waals surface area (Å²) in [5, 5.41) is 9.93. The van der Waals surface area contributed by atoms with Crippen molar-refractivity contribution in [3.05, 3.63) is 71.4 Å². The first kappa shape index (κ1) is 18.1. The summed E-state index contributed by atoms with van der Waals surface area (Å²) in [6, 6.07) is 13.8. The number of aromatic amines is 1. The molecule has 0 atom stereocenters. The normalized spacial score (nSPS) is 12.1. The summed E-state index contributed by atoms with van der Waals surface area (Å²) in [6.45, 7) is 8.57. The van der Waals surface area contributed by atoms with Gasteiger partial charge in [0.25, 0.3) is 0 Å². The quantitative estimate of drug-likeness (QED) is 0.583. The third-order valence-corrected chi connectivity index (χ3v) is 5.25. The molecular formula is C24H23NO3. The van der Waals surface area contributed by atoms with Gasteiger partial charge in [-0.1, -0.05) is 55.8 Å². The lowest BCUT2D eigenvalue weighted by atomic mass is 9.87. The second-order valence-electron chi connectivity index (χ2n) is 7.18. The third-order valence-electron chi connectivity index (χ3n) is 5.25. The fourth-order valence-electron chi connectivity index (χ4n) is 4.06. The Bertz CT molecular complexity index is 1090. The van der Waals surface area contributed by atoms with Crippen LogP contribution in [0, 0.1) is 0 Å². The van der Waals surface area contributed by atoms with Crippen molar-refractivity contribution in [2.24, 2.45) is 0 Å². The second-order valence-corrected chi connectivity index (χ2v) is 7.18. The highest BCUT2D eigenvalue weighted by molar-refractivity contribution is 6.00. The molecule has 2 aromatic carbocycles. The van der Waals surface area contributed by atoms with Crippen LogP contribution in [0.5, 0.6) is 5.75 Å². The van der Waals surface area contributed by atoms with Crippen LogP contribution in [0.3, 0.4) is 0 Å². The number of hydrogen-bond acceptors (Lipinski definition) is 2. The van der Waals surface area contributed by atoms with Gasteiger partial charge in [-0.15, -0.1) is 0 Å². The lowest BCUT2D eigenvalue weighted by Crippen LogP contribution is -2.06. The Hall–Kier alpha value is -3.27. The highest BCUT2D eigenvalue weighted by Crippen LogP contribution is 2.44. The van der Waals surface area contributed by atoms with Gasteiger partial charge in [-0.3, -0.25) is 0 Å². The van der Waals surface area contributed by atoms with E-state index in [1.165, 1.54) is 0 Å². The Morgan fingerprint density at radius 2 is 1.93 bits per heavy atom. The fraction of sp³-hybridized carbons (Fsp3) is 0.208. The Morgan fingerprint density at radius 1 is 1.18 bits per heavy atom. The van der Waals surface area contributed by atoms with Gasteiger partial charge in [0.15, 0.2) is 0 Å². The van der Waals surface area contributed by atoms with Crippen LogP contribution in [-0.4, -0.2) is 16.1 Å². The number of para-hydroxylation sites is 1. The Morgan fingerprint density at radius 3 is 2.64 bits per heavy atom. The van der Waals surface area contributed by atoms with Crippen molar-refractivity contribution in [3.63, 3.8) is 0 Å². The van der Waals surface area contributed by atoms with E-state index in [9.17, 15) is 9.90 Å². The van der Waals surface area contributed by atoms with E-state index in [4.69, 9.17) is 4.74 Å². The van der Waals surface area contributed by atoms with Crippen molar-refractivity contribution >= 4 is 11.5 Å². The van der Waals surface area contributed by atoms with Gasteiger partial charge in [0, 0.05) is 16.7 Å². The molecule has 0 spiro atoms. The van der Waals surface area contributed by atoms with Crippen LogP contribution in [0.2, 0.25) is 0 Å². The van der Waals surface area contributed by atoms with Crippen LogP contribution in [0.15, 0.2) is 49.0 Å². The first-order chi connectivity index (χ1) is 13.5. The number of allylic oxidation sites excluding steroid dienone is 1. The molecule has 1 aliphatic rings. The highest BCUT2D eigenvalue weighted by atomic mass is 16.5. The van der Waals surface area contributed by atoms with E-state index < -0.39 is 5.97 Å². The van der Waals surface area contributed by atoms with E-state index in [0.717, 1.165) is 63.2 Å². The van der Waals surface area contributed by atoms with Crippen molar-refractivity contribution in [3.8, 4) is 28.1 Å². The topological polar surface area (TPSA) is 62.3 Å². The molecule has 0 saturated heterocycles. The number of aromatic nitrogens is 1. The third kappa shape index (κ3) is 2.82. The first-order valence-electron chi connectivity index (χ1n) is 9.51. The van der Waals surface area contributed by atoms with E-state index in [-0.39, 0.29) is 5.69 Å². The van der Waals surface area contributed by atoms with Crippen molar-refractivity contribution in [2.75, 3.05) is 0 Å². The van der Waals surface area contributed by atoms with E-state index in [2.05, 4.69) is 24.6 Å². The Labute approximate surface area is 164 Å². The zero-order chi connectivity index (χ0) is 19.8. The molecule has 0 amide bonds. The number of rotatable bonds is 5. The van der Waals surface area contributed by atoms with Gasteiger partial charge < -0.3 is 14.8 Å². The van der Waals surface area contributed by atoms with E-state index in [0.29, 0.717) is 6.61 Å². The zero-order valence-corrected chi connectivity index (χ0v) is 16.1. The monoisotopic (exact) mass is 373 g/mol. The summed E-state index contributed by atoms with van der Waals surface area (Å²) in [6.07, 6.45) is 1.82. The van der Waals surface area contributed by atoms with Crippen LogP contribution in [0.4, 0.5) is 0 Å². The molecule has 2 heterocycles. The summed E-state index contributed by atoms with van der Waals surface area (Å²) < 4.78 is 5.95. The maximum absolute atomic E-state index is 12.1. The Balaban J connectivity index is 2.03. The van der Waals surface area contributed by atoms with Gasteiger partial charge >= 0.3 is 5.97 Å². The molecule has 0 aliphatic carbocycles. The van der Waals surface area contributed by atoms with E-state index in [1.54, 1.807) is 0 Å². The highest BCUT2D eigenvalue weighted by Gasteiger charge is 2.29. The molecule has 1 aromatic heterocycles. The molecule has 28 heavy (non-hydrogen) atoms. The lowest BCUT2D eigenvalue weighted by molar-refractivity contribution is 0.0692. The number of nitrogens with one attached hydrogen (secondary N) is 1. The number of fused-ring (bicyclic) bond motifs is 3. The average molecular weight is 373 g/mol. The maximum Gasteiger partial charge on any atom is 0.352 e. The Kier molecular flexibility index (Phi) is 4.55.